The molecule has 0 spiro atoms. The molecule has 1 unspecified atom stereocenters. The molecule has 2 aromatic rings. The predicted molar refractivity (Wildman–Crippen MR) is 127 cm³/mol. The molecule has 0 amide bonds. The summed E-state index contributed by atoms with van der Waals surface area (Å²) in [6.45, 7) is 13.1. The first-order valence-electron chi connectivity index (χ1n) is 11.8. The highest BCUT2D eigenvalue weighted by Gasteiger charge is 2.15. The molecule has 1 aliphatic heterocycles. The number of nitrogens with one attached hydrogen (secondary N) is 1. The Kier molecular flexibility index (Phi) is 9.23. The molecule has 0 saturated carbocycles. The van der Waals surface area contributed by atoms with E-state index in [1.807, 2.05) is 0 Å². The highest BCUT2D eigenvalue weighted by molar-refractivity contribution is 5.34. The van der Waals surface area contributed by atoms with Gasteiger partial charge >= 0.3 is 0 Å². The zero-order valence-electron chi connectivity index (χ0n) is 19.2. The van der Waals surface area contributed by atoms with Crippen LogP contribution in [-0.2, 0) is 19.6 Å². The molecule has 1 saturated heterocycles. The highest BCUT2D eigenvalue weighted by atomic mass is 16.5. The summed E-state index contributed by atoms with van der Waals surface area (Å²) in [5, 5.41) is 3.53. The van der Waals surface area contributed by atoms with Gasteiger partial charge in [0.05, 0.1) is 0 Å². The fraction of sp³-hybridized carbons (Fsp3) is 0.556. The van der Waals surface area contributed by atoms with E-state index in [-0.39, 0.29) is 0 Å². The van der Waals surface area contributed by atoms with Crippen LogP contribution in [0.25, 0.3) is 0 Å². The average molecular weight is 409 g/mol. The Hall–Kier alpha value is -1.84. The number of nitrogens with zero attached hydrogens (tertiary/aromatic N) is 1. The summed E-state index contributed by atoms with van der Waals surface area (Å²) in [5.74, 6) is 2.30. The van der Waals surface area contributed by atoms with Gasteiger partial charge in [0.25, 0.3) is 0 Å². The second kappa shape index (κ2) is 12.1. The van der Waals surface area contributed by atoms with Crippen LogP contribution in [0.5, 0.6) is 5.75 Å². The predicted octanol–water partition coefficient (Wildman–Crippen LogP) is 5.68. The fourth-order valence-electron chi connectivity index (χ4n) is 4.36. The van der Waals surface area contributed by atoms with Gasteiger partial charge in [-0.05, 0) is 67.9 Å². The molecular formula is C27H40N2O. The number of likely N-dealkylation sites (tertiary alicyclic amines) is 1. The Bertz CT molecular complexity index is 752. The topological polar surface area (TPSA) is 24.5 Å². The SMILES string of the molecule is CC(C)CNCc1ccccc1OCc1ccccc1CC(C)CN1CCCCC1. The Morgan fingerprint density at radius 2 is 1.53 bits per heavy atom. The highest BCUT2D eigenvalue weighted by Crippen LogP contribution is 2.22. The molecule has 1 aliphatic rings. The lowest BCUT2D eigenvalue weighted by Crippen LogP contribution is -2.34. The van der Waals surface area contributed by atoms with Gasteiger partial charge in [0.2, 0.25) is 0 Å². The van der Waals surface area contributed by atoms with Crippen molar-refractivity contribution < 1.29 is 4.74 Å². The van der Waals surface area contributed by atoms with Crippen molar-refractivity contribution in [2.24, 2.45) is 11.8 Å². The summed E-state index contributed by atoms with van der Waals surface area (Å²) in [5.41, 5.74) is 3.97. The lowest BCUT2D eigenvalue weighted by Gasteiger charge is -2.29. The summed E-state index contributed by atoms with van der Waals surface area (Å²) >= 11 is 0. The number of piperidine rings is 1. The van der Waals surface area contributed by atoms with Crippen LogP contribution in [0.1, 0.15) is 56.7 Å². The van der Waals surface area contributed by atoms with Gasteiger partial charge in [-0.3, -0.25) is 0 Å². The van der Waals surface area contributed by atoms with E-state index in [2.05, 4.69) is 79.5 Å². The molecule has 1 N–H and O–H groups in total. The summed E-state index contributed by atoms with van der Waals surface area (Å²) < 4.78 is 6.30. The van der Waals surface area contributed by atoms with Crippen LogP contribution in [0.3, 0.4) is 0 Å². The van der Waals surface area contributed by atoms with Crippen molar-refractivity contribution in [1.29, 1.82) is 0 Å². The number of hydrogen-bond donors (Lipinski definition) is 1. The summed E-state index contributed by atoms with van der Waals surface area (Å²) in [6.07, 6.45) is 5.25. The molecule has 3 rings (SSSR count). The first-order valence-corrected chi connectivity index (χ1v) is 11.8. The van der Waals surface area contributed by atoms with E-state index in [4.69, 9.17) is 4.74 Å². The smallest absolute Gasteiger partial charge is 0.124 e. The summed E-state index contributed by atoms with van der Waals surface area (Å²) in [4.78, 5) is 2.65. The standard InChI is InChI=1S/C27H40N2O/c1-22(2)18-28-19-25-12-7-8-14-27(25)30-21-26-13-6-5-11-24(26)17-23(3)20-29-15-9-4-10-16-29/h5-8,11-14,22-23,28H,4,9-10,15-21H2,1-3H3. The molecule has 3 heteroatoms. The molecule has 0 aromatic heterocycles. The van der Waals surface area contributed by atoms with E-state index in [0.717, 1.165) is 25.3 Å². The number of rotatable bonds is 11. The molecule has 0 radical (unpaired) electrons. The molecule has 3 nitrogen and oxygen atoms in total. The molecule has 0 bridgehead atoms. The van der Waals surface area contributed by atoms with Crippen LogP contribution in [0, 0.1) is 11.8 Å². The van der Waals surface area contributed by atoms with Crippen LogP contribution in [-0.4, -0.2) is 31.1 Å². The van der Waals surface area contributed by atoms with Gasteiger partial charge in [-0.25, -0.2) is 0 Å². The molecule has 2 aromatic carbocycles. The van der Waals surface area contributed by atoms with E-state index < -0.39 is 0 Å². The van der Waals surface area contributed by atoms with Crippen LogP contribution in [0.4, 0.5) is 0 Å². The Morgan fingerprint density at radius 1 is 0.867 bits per heavy atom. The lowest BCUT2D eigenvalue weighted by molar-refractivity contribution is 0.200. The second-order valence-corrected chi connectivity index (χ2v) is 9.36. The zero-order chi connectivity index (χ0) is 21.2. The summed E-state index contributed by atoms with van der Waals surface area (Å²) in [7, 11) is 0. The van der Waals surface area contributed by atoms with Gasteiger partial charge < -0.3 is 15.0 Å². The Balaban J connectivity index is 1.57. The molecule has 1 heterocycles. The normalized spacial score (nSPS) is 16.0. The van der Waals surface area contributed by atoms with Gasteiger partial charge in [0, 0.05) is 18.7 Å². The maximum Gasteiger partial charge on any atom is 0.124 e. The van der Waals surface area contributed by atoms with Crippen molar-refractivity contribution >= 4 is 0 Å². The largest absolute Gasteiger partial charge is 0.489 e. The van der Waals surface area contributed by atoms with Crippen molar-refractivity contribution in [2.45, 2.75) is 59.6 Å². The van der Waals surface area contributed by atoms with Gasteiger partial charge in [0.1, 0.15) is 12.4 Å². The second-order valence-electron chi connectivity index (χ2n) is 9.36. The van der Waals surface area contributed by atoms with Crippen LogP contribution in [0.2, 0.25) is 0 Å². The van der Waals surface area contributed by atoms with Crippen molar-refractivity contribution in [2.75, 3.05) is 26.2 Å². The lowest BCUT2D eigenvalue weighted by atomic mass is 9.96. The van der Waals surface area contributed by atoms with E-state index in [0.29, 0.717) is 18.4 Å². The third-order valence-electron chi connectivity index (χ3n) is 5.93. The van der Waals surface area contributed by atoms with E-state index in [1.165, 1.54) is 55.6 Å². The fourth-order valence-corrected chi connectivity index (χ4v) is 4.36. The van der Waals surface area contributed by atoms with Crippen molar-refractivity contribution in [1.82, 2.24) is 10.2 Å². The number of benzene rings is 2. The zero-order valence-corrected chi connectivity index (χ0v) is 19.2. The van der Waals surface area contributed by atoms with E-state index >= 15 is 0 Å². The van der Waals surface area contributed by atoms with Crippen LogP contribution >= 0.6 is 0 Å². The molecule has 0 aliphatic carbocycles. The maximum atomic E-state index is 6.30. The molecular weight excluding hydrogens is 368 g/mol. The molecule has 1 atom stereocenters. The van der Waals surface area contributed by atoms with Gasteiger partial charge in [0.15, 0.2) is 0 Å². The number of hydrogen-bond acceptors (Lipinski definition) is 3. The van der Waals surface area contributed by atoms with Crippen LogP contribution in [0.15, 0.2) is 48.5 Å². The monoisotopic (exact) mass is 408 g/mol. The third kappa shape index (κ3) is 7.45. The molecule has 164 valence electrons. The first kappa shape index (κ1) is 22.8. The minimum Gasteiger partial charge on any atom is -0.489 e. The maximum absolute atomic E-state index is 6.30. The van der Waals surface area contributed by atoms with Gasteiger partial charge in [-0.15, -0.1) is 0 Å². The summed E-state index contributed by atoms with van der Waals surface area (Å²) in [6, 6.07) is 17.2. The van der Waals surface area contributed by atoms with Crippen LogP contribution < -0.4 is 10.1 Å². The van der Waals surface area contributed by atoms with Crippen molar-refractivity contribution in [3.63, 3.8) is 0 Å². The van der Waals surface area contributed by atoms with E-state index in [1.54, 1.807) is 0 Å². The average Bonchev–Trinajstić information content (AvgIpc) is 2.74. The van der Waals surface area contributed by atoms with Crippen molar-refractivity contribution in [3.05, 3.63) is 65.2 Å². The van der Waals surface area contributed by atoms with Gasteiger partial charge in [-0.2, -0.15) is 0 Å². The van der Waals surface area contributed by atoms with E-state index in [9.17, 15) is 0 Å². The quantitative estimate of drug-likeness (QED) is 0.518. The number of ether oxygens (including phenoxy) is 1. The van der Waals surface area contributed by atoms with Crippen molar-refractivity contribution in [3.8, 4) is 5.75 Å². The third-order valence-corrected chi connectivity index (χ3v) is 5.93. The minimum atomic E-state index is 0.633. The molecule has 30 heavy (non-hydrogen) atoms. The Morgan fingerprint density at radius 3 is 2.27 bits per heavy atom. The Labute approximate surface area is 183 Å². The minimum absolute atomic E-state index is 0.633. The van der Waals surface area contributed by atoms with Gasteiger partial charge in [-0.1, -0.05) is 69.7 Å². The molecule has 1 fully saturated rings. The first-order chi connectivity index (χ1) is 14.6. The number of para-hydroxylation sites is 1.